The predicted octanol–water partition coefficient (Wildman–Crippen LogP) is 4.54. The Morgan fingerprint density at radius 3 is 2.76 bits per heavy atom. The zero-order chi connectivity index (χ0) is 17.6. The molecule has 1 aliphatic rings. The van der Waals surface area contributed by atoms with Crippen LogP contribution in [-0.2, 0) is 0 Å². The Morgan fingerprint density at radius 1 is 1.16 bits per heavy atom. The Morgan fingerprint density at radius 2 is 2.04 bits per heavy atom. The molecule has 4 nitrogen and oxygen atoms in total. The van der Waals surface area contributed by atoms with Gasteiger partial charge < -0.3 is 9.47 Å². The standard InChI is InChI=1S/C21H24N2O2/c1-15(2)25-19-9-8-16(13-20(19)24-3)12-17-6-5-11-23-21(17)18-7-4-10-22-14-18/h4,7-10,12-15H,5-6,11H2,1-3H3/b17-12-. The molecule has 0 unspecified atom stereocenters. The van der Waals surface area contributed by atoms with Gasteiger partial charge in [-0.15, -0.1) is 0 Å². The normalized spacial score (nSPS) is 16.0. The topological polar surface area (TPSA) is 43.7 Å². The van der Waals surface area contributed by atoms with Crippen LogP contribution in [0.3, 0.4) is 0 Å². The van der Waals surface area contributed by atoms with Crippen molar-refractivity contribution in [2.24, 2.45) is 4.99 Å². The van der Waals surface area contributed by atoms with Gasteiger partial charge in [-0.3, -0.25) is 9.98 Å². The monoisotopic (exact) mass is 336 g/mol. The molecule has 0 saturated carbocycles. The van der Waals surface area contributed by atoms with Gasteiger partial charge in [-0.1, -0.05) is 6.07 Å². The second-order valence-electron chi connectivity index (χ2n) is 6.32. The molecule has 0 fully saturated rings. The Kier molecular flexibility index (Phi) is 5.49. The number of aromatic nitrogens is 1. The van der Waals surface area contributed by atoms with E-state index in [0.29, 0.717) is 0 Å². The molecular weight excluding hydrogens is 312 g/mol. The summed E-state index contributed by atoms with van der Waals surface area (Å²) in [6.45, 7) is 4.88. The lowest BCUT2D eigenvalue weighted by Gasteiger charge is -2.17. The first kappa shape index (κ1) is 17.2. The van der Waals surface area contributed by atoms with E-state index in [-0.39, 0.29) is 6.10 Å². The lowest BCUT2D eigenvalue weighted by atomic mass is 9.95. The van der Waals surface area contributed by atoms with Crippen molar-refractivity contribution in [2.45, 2.75) is 32.8 Å². The largest absolute Gasteiger partial charge is 0.493 e. The lowest BCUT2D eigenvalue weighted by Crippen LogP contribution is -2.12. The minimum absolute atomic E-state index is 0.112. The summed E-state index contributed by atoms with van der Waals surface area (Å²) in [5.74, 6) is 1.52. The van der Waals surface area contributed by atoms with Crippen molar-refractivity contribution in [1.29, 1.82) is 0 Å². The maximum absolute atomic E-state index is 5.79. The van der Waals surface area contributed by atoms with Gasteiger partial charge in [0.25, 0.3) is 0 Å². The Hall–Kier alpha value is -2.62. The van der Waals surface area contributed by atoms with Crippen molar-refractivity contribution >= 4 is 11.8 Å². The summed E-state index contributed by atoms with van der Waals surface area (Å²) in [6.07, 6.45) is 8.04. The van der Waals surface area contributed by atoms with E-state index in [0.717, 1.165) is 47.7 Å². The average Bonchev–Trinajstić information content (AvgIpc) is 2.64. The summed E-state index contributed by atoms with van der Waals surface area (Å²) in [7, 11) is 1.67. The summed E-state index contributed by atoms with van der Waals surface area (Å²) >= 11 is 0. The van der Waals surface area contributed by atoms with E-state index in [9.17, 15) is 0 Å². The predicted molar refractivity (Wildman–Crippen MR) is 102 cm³/mol. The van der Waals surface area contributed by atoms with Crippen LogP contribution in [0.4, 0.5) is 0 Å². The van der Waals surface area contributed by atoms with Crippen molar-refractivity contribution in [1.82, 2.24) is 4.98 Å². The molecular formula is C21H24N2O2. The van der Waals surface area contributed by atoms with Gasteiger partial charge >= 0.3 is 0 Å². The van der Waals surface area contributed by atoms with Gasteiger partial charge in [-0.25, -0.2) is 0 Å². The Labute approximate surface area is 149 Å². The molecule has 0 aliphatic carbocycles. The zero-order valence-corrected chi connectivity index (χ0v) is 15.0. The summed E-state index contributed by atoms with van der Waals surface area (Å²) in [5, 5.41) is 0. The van der Waals surface area contributed by atoms with E-state index >= 15 is 0 Å². The van der Waals surface area contributed by atoms with Gasteiger partial charge in [0.2, 0.25) is 0 Å². The molecule has 1 aromatic heterocycles. The molecule has 0 radical (unpaired) electrons. The Balaban J connectivity index is 1.93. The van der Waals surface area contributed by atoms with E-state index < -0.39 is 0 Å². The molecule has 0 amide bonds. The minimum Gasteiger partial charge on any atom is -0.493 e. The van der Waals surface area contributed by atoms with Crippen LogP contribution in [0.15, 0.2) is 53.3 Å². The molecule has 3 rings (SSSR count). The molecule has 0 saturated heterocycles. The third kappa shape index (κ3) is 4.27. The van der Waals surface area contributed by atoms with Crippen molar-refractivity contribution < 1.29 is 9.47 Å². The van der Waals surface area contributed by atoms with Crippen LogP contribution >= 0.6 is 0 Å². The maximum Gasteiger partial charge on any atom is 0.161 e. The maximum atomic E-state index is 5.79. The van der Waals surface area contributed by atoms with Crippen molar-refractivity contribution in [3.8, 4) is 11.5 Å². The summed E-state index contributed by atoms with van der Waals surface area (Å²) in [5.41, 5.74) is 4.43. The average molecular weight is 336 g/mol. The van der Waals surface area contributed by atoms with Gasteiger partial charge in [-0.05, 0) is 68.2 Å². The van der Waals surface area contributed by atoms with Gasteiger partial charge in [0.15, 0.2) is 11.5 Å². The second-order valence-corrected chi connectivity index (χ2v) is 6.32. The summed E-state index contributed by atoms with van der Waals surface area (Å²) < 4.78 is 11.3. The molecule has 130 valence electrons. The number of pyridine rings is 1. The van der Waals surface area contributed by atoms with Gasteiger partial charge in [0.1, 0.15) is 0 Å². The molecule has 4 heteroatoms. The molecule has 2 heterocycles. The highest BCUT2D eigenvalue weighted by molar-refractivity contribution is 6.15. The molecule has 0 atom stereocenters. The van der Waals surface area contributed by atoms with Crippen molar-refractivity contribution in [3.05, 3.63) is 59.4 Å². The first-order valence-electron chi connectivity index (χ1n) is 8.68. The van der Waals surface area contributed by atoms with Crippen LogP contribution < -0.4 is 9.47 Å². The van der Waals surface area contributed by atoms with Gasteiger partial charge in [0.05, 0.1) is 18.9 Å². The van der Waals surface area contributed by atoms with Crippen LogP contribution in [-0.4, -0.2) is 30.5 Å². The highest BCUT2D eigenvalue weighted by atomic mass is 16.5. The van der Waals surface area contributed by atoms with Crippen LogP contribution in [0.5, 0.6) is 11.5 Å². The molecule has 1 aliphatic heterocycles. The number of hydrogen-bond donors (Lipinski definition) is 0. The first-order valence-corrected chi connectivity index (χ1v) is 8.68. The van der Waals surface area contributed by atoms with E-state index in [2.05, 4.69) is 23.2 Å². The highest BCUT2D eigenvalue weighted by Gasteiger charge is 2.15. The van der Waals surface area contributed by atoms with Crippen molar-refractivity contribution in [2.75, 3.05) is 13.7 Å². The molecule has 0 spiro atoms. The van der Waals surface area contributed by atoms with Gasteiger partial charge in [-0.2, -0.15) is 0 Å². The smallest absolute Gasteiger partial charge is 0.161 e. The fourth-order valence-electron chi connectivity index (χ4n) is 2.93. The number of allylic oxidation sites excluding steroid dienone is 1. The fraction of sp³-hybridized carbons (Fsp3) is 0.333. The molecule has 2 aromatic rings. The second kappa shape index (κ2) is 7.97. The SMILES string of the molecule is COc1cc(/C=C2/CCCN=C2c2cccnc2)ccc1OC(C)C. The lowest BCUT2D eigenvalue weighted by molar-refractivity contribution is 0.230. The fourth-order valence-corrected chi connectivity index (χ4v) is 2.93. The molecule has 0 N–H and O–H groups in total. The quantitative estimate of drug-likeness (QED) is 0.805. The van der Waals surface area contributed by atoms with Crippen LogP contribution in [0, 0.1) is 0 Å². The van der Waals surface area contributed by atoms with Crippen LogP contribution in [0.2, 0.25) is 0 Å². The van der Waals surface area contributed by atoms with E-state index in [4.69, 9.17) is 14.5 Å². The highest BCUT2D eigenvalue weighted by Crippen LogP contribution is 2.31. The number of hydrogen-bond acceptors (Lipinski definition) is 4. The summed E-state index contributed by atoms with van der Waals surface area (Å²) in [6, 6.07) is 10.0. The minimum atomic E-state index is 0.112. The molecule has 1 aromatic carbocycles. The molecule has 0 bridgehead atoms. The van der Waals surface area contributed by atoms with Crippen molar-refractivity contribution in [3.63, 3.8) is 0 Å². The van der Waals surface area contributed by atoms with E-state index in [1.807, 2.05) is 38.2 Å². The van der Waals surface area contributed by atoms with E-state index in [1.54, 1.807) is 13.3 Å². The number of nitrogens with zero attached hydrogens (tertiary/aromatic N) is 2. The molecule has 25 heavy (non-hydrogen) atoms. The number of methoxy groups -OCH3 is 1. The number of aliphatic imine (C=N–C) groups is 1. The number of benzene rings is 1. The number of ether oxygens (including phenoxy) is 2. The summed E-state index contributed by atoms with van der Waals surface area (Å²) in [4.78, 5) is 8.95. The van der Waals surface area contributed by atoms with E-state index in [1.165, 1.54) is 5.57 Å². The van der Waals surface area contributed by atoms with Gasteiger partial charge in [0, 0.05) is 24.5 Å². The Bertz CT molecular complexity index is 780. The third-order valence-corrected chi connectivity index (χ3v) is 4.00. The van der Waals surface area contributed by atoms with Crippen LogP contribution in [0.25, 0.3) is 6.08 Å². The number of rotatable bonds is 5. The van der Waals surface area contributed by atoms with Crippen LogP contribution in [0.1, 0.15) is 37.8 Å². The third-order valence-electron chi connectivity index (χ3n) is 4.00. The zero-order valence-electron chi connectivity index (χ0n) is 15.0. The first-order chi connectivity index (χ1) is 12.2.